The Kier molecular flexibility index (Phi) is 7.55. The lowest BCUT2D eigenvalue weighted by molar-refractivity contribution is -0.140. The van der Waals surface area contributed by atoms with Crippen molar-refractivity contribution in [2.24, 2.45) is 0 Å². The Labute approximate surface area is 198 Å². The zero-order valence-electron chi connectivity index (χ0n) is 19.2. The number of hydrogen-bond acceptors (Lipinski definition) is 7. The van der Waals surface area contributed by atoms with E-state index in [9.17, 15) is 9.59 Å². The van der Waals surface area contributed by atoms with Crippen LogP contribution in [0, 0.1) is 0 Å². The van der Waals surface area contributed by atoms with Gasteiger partial charge < -0.3 is 23.8 Å². The fourth-order valence-corrected chi connectivity index (χ4v) is 3.80. The van der Waals surface area contributed by atoms with Crippen molar-refractivity contribution in [3.8, 4) is 17.2 Å². The highest BCUT2D eigenvalue weighted by Crippen LogP contribution is 2.37. The summed E-state index contributed by atoms with van der Waals surface area (Å²) in [6.45, 7) is 1.84. The maximum Gasteiger partial charge on any atom is 0.325 e. The number of aryl methyl sites for hydroxylation is 1. The van der Waals surface area contributed by atoms with Crippen LogP contribution in [0.2, 0.25) is 0 Å². The van der Waals surface area contributed by atoms with Crippen molar-refractivity contribution < 1.29 is 28.5 Å². The van der Waals surface area contributed by atoms with Gasteiger partial charge in [0.05, 0.1) is 34.1 Å². The SMILES string of the molecule is CCc1ccc(N2C(=O)/C(=C\c3cc(OC)c(OC)cc3OC)N(CC(=O)OC)C2=S)cc1. The van der Waals surface area contributed by atoms with Crippen molar-refractivity contribution in [2.75, 3.05) is 39.9 Å². The number of carbonyl (C=O) groups is 2. The topological polar surface area (TPSA) is 77.5 Å². The maximum absolute atomic E-state index is 13.5. The molecule has 0 spiro atoms. The second-order valence-corrected chi connectivity index (χ2v) is 7.45. The van der Waals surface area contributed by atoms with Crippen LogP contribution in [-0.4, -0.2) is 56.9 Å². The van der Waals surface area contributed by atoms with Crippen LogP contribution in [-0.2, 0) is 20.7 Å². The highest BCUT2D eigenvalue weighted by Gasteiger charge is 2.40. The molecule has 3 rings (SSSR count). The number of esters is 1. The monoisotopic (exact) mass is 470 g/mol. The molecule has 0 N–H and O–H groups in total. The number of nitrogens with zero attached hydrogens (tertiary/aromatic N) is 2. The molecule has 9 heteroatoms. The van der Waals surface area contributed by atoms with Crippen LogP contribution in [0.4, 0.5) is 5.69 Å². The first-order valence-electron chi connectivity index (χ1n) is 10.2. The minimum atomic E-state index is -0.529. The van der Waals surface area contributed by atoms with Crippen molar-refractivity contribution in [3.63, 3.8) is 0 Å². The van der Waals surface area contributed by atoms with Crippen LogP contribution < -0.4 is 19.1 Å². The molecule has 0 aliphatic carbocycles. The number of thiocarbonyl (C=S) groups is 1. The van der Waals surface area contributed by atoms with Gasteiger partial charge in [0, 0.05) is 11.6 Å². The minimum absolute atomic E-state index is 0.181. The third-order valence-electron chi connectivity index (χ3n) is 5.28. The molecule has 1 aliphatic heterocycles. The molecule has 1 saturated heterocycles. The van der Waals surface area contributed by atoms with Gasteiger partial charge in [-0.15, -0.1) is 0 Å². The first kappa shape index (κ1) is 24.1. The van der Waals surface area contributed by atoms with Gasteiger partial charge in [-0.25, -0.2) is 0 Å². The van der Waals surface area contributed by atoms with Crippen molar-refractivity contribution in [1.29, 1.82) is 0 Å². The number of benzene rings is 2. The summed E-state index contributed by atoms with van der Waals surface area (Å²) < 4.78 is 21.0. The summed E-state index contributed by atoms with van der Waals surface area (Å²) in [5.41, 5.74) is 2.50. The van der Waals surface area contributed by atoms with E-state index in [2.05, 4.69) is 6.92 Å². The Balaban J connectivity index is 2.12. The minimum Gasteiger partial charge on any atom is -0.496 e. The predicted octanol–water partition coefficient (Wildman–Crippen LogP) is 3.42. The van der Waals surface area contributed by atoms with Crippen LogP contribution >= 0.6 is 12.2 Å². The molecule has 1 amide bonds. The van der Waals surface area contributed by atoms with Crippen LogP contribution in [0.1, 0.15) is 18.1 Å². The van der Waals surface area contributed by atoms with E-state index >= 15 is 0 Å². The molecular formula is C24H26N2O6S. The lowest BCUT2D eigenvalue weighted by Gasteiger charge is -2.19. The van der Waals surface area contributed by atoms with E-state index in [1.807, 2.05) is 24.3 Å². The molecular weight excluding hydrogens is 444 g/mol. The Morgan fingerprint density at radius 3 is 2.12 bits per heavy atom. The first-order valence-corrected chi connectivity index (χ1v) is 10.6. The van der Waals surface area contributed by atoms with E-state index < -0.39 is 5.97 Å². The standard InChI is InChI=1S/C24H26N2O6S/c1-6-15-7-9-17(10-8-15)26-23(28)18(25(24(26)33)14-22(27)32-5)11-16-12-20(30-3)21(31-4)13-19(16)29-2/h7-13H,6,14H2,1-5H3/b18-11+. The summed E-state index contributed by atoms with van der Waals surface area (Å²) >= 11 is 5.60. The number of amides is 1. The molecule has 0 radical (unpaired) electrons. The number of rotatable bonds is 8. The summed E-state index contributed by atoms with van der Waals surface area (Å²) in [5.74, 6) is 0.504. The van der Waals surface area contributed by atoms with Crippen LogP contribution in [0.3, 0.4) is 0 Å². The fourth-order valence-electron chi connectivity index (χ4n) is 3.45. The zero-order valence-corrected chi connectivity index (χ0v) is 20.0. The van der Waals surface area contributed by atoms with Crippen molar-refractivity contribution in [1.82, 2.24) is 4.90 Å². The third-order valence-corrected chi connectivity index (χ3v) is 5.68. The lowest BCUT2D eigenvalue weighted by Crippen LogP contribution is -2.35. The van der Waals surface area contributed by atoms with E-state index in [1.54, 1.807) is 18.2 Å². The number of ether oxygens (including phenoxy) is 4. The first-order chi connectivity index (χ1) is 15.9. The van der Waals surface area contributed by atoms with Gasteiger partial charge in [-0.2, -0.15) is 0 Å². The van der Waals surface area contributed by atoms with Gasteiger partial charge in [0.2, 0.25) is 0 Å². The molecule has 0 aromatic heterocycles. The van der Waals surface area contributed by atoms with Gasteiger partial charge in [-0.05, 0) is 48.5 Å². The smallest absolute Gasteiger partial charge is 0.325 e. The predicted molar refractivity (Wildman–Crippen MR) is 129 cm³/mol. The molecule has 33 heavy (non-hydrogen) atoms. The van der Waals surface area contributed by atoms with Gasteiger partial charge in [-0.3, -0.25) is 14.5 Å². The van der Waals surface area contributed by atoms with Crippen LogP contribution in [0.15, 0.2) is 42.1 Å². The van der Waals surface area contributed by atoms with Crippen LogP contribution in [0.25, 0.3) is 6.08 Å². The Morgan fingerprint density at radius 2 is 1.58 bits per heavy atom. The number of hydrogen-bond donors (Lipinski definition) is 0. The Hall–Kier alpha value is -3.59. The number of anilines is 1. The van der Waals surface area contributed by atoms with Gasteiger partial charge in [0.15, 0.2) is 16.6 Å². The molecule has 0 bridgehead atoms. The zero-order chi connectivity index (χ0) is 24.1. The fraction of sp³-hybridized carbons (Fsp3) is 0.292. The second-order valence-electron chi connectivity index (χ2n) is 7.08. The lowest BCUT2D eigenvalue weighted by atomic mass is 10.1. The Morgan fingerprint density at radius 1 is 0.970 bits per heavy atom. The summed E-state index contributed by atoms with van der Waals surface area (Å²) in [4.78, 5) is 28.5. The largest absolute Gasteiger partial charge is 0.496 e. The van der Waals surface area contributed by atoms with Gasteiger partial charge in [0.1, 0.15) is 18.0 Å². The third kappa shape index (κ3) is 4.78. The summed E-state index contributed by atoms with van der Waals surface area (Å²) in [6.07, 6.45) is 2.48. The summed E-state index contributed by atoms with van der Waals surface area (Å²) in [5, 5.41) is 0.181. The number of methoxy groups -OCH3 is 4. The molecule has 0 atom stereocenters. The van der Waals surface area contributed by atoms with E-state index in [1.165, 1.54) is 38.2 Å². The summed E-state index contributed by atoms with van der Waals surface area (Å²) in [7, 11) is 5.83. The molecule has 8 nitrogen and oxygen atoms in total. The molecule has 0 saturated carbocycles. The average Bonchev–Trinajstić information content (AvgIpc) is 3.07. The van der Waals surface area contributed by atoms with E-state index in [-0.39, 0.29) is 23.3 Å². The normalized spacial score (nSPS) is 14.6. The molecule has 0 unspecified atom stereocenters. The highest BCUT2D eigenvalue weighted by molar-refractivity contribution is 7.80. The average molecular weight is 471 g/mol. The van der Waals surface area contributed by atoms with E-state index in [0.717, 1.165) is 12.0 Å². The molecule has 1 heterocycles. The van der Waals surface area contributed by atoms with E-state index in [4.69, 9.17) is 31.2 Å². The maximum atomic E-state index is 13.5. The quantitative estimate of drug-likeness (QED) is 0.330. The molecule has 174 valence electrons. The van der Waals surface area contributed by atoms with Gasteiger partial charge >= 0.3 is 5.97 Å². The summed E-state index contributed by atoms with van der Waals surface area (Å²) in [6, 6.07) is 10.9. The van der Waals surface area contributed by atoms with E-state index in [0.29, 0.717) is 28.5 Å². The van der Waals surface area contributed by atoms with Crippen molar-refractivity contribution in [2.45, 2.75) is 13.3 Å². The molecule has 2 aromatic carbocycles. The second kappa shape index (κ2) is 10.4. The van der Waals surface area contributed by atoms with Crippen molar-refractivity contribution >= 4 is 41.0 Å². The van der Waals surface area contributed by atoms with Crippen molar-refractivity contribution in [3.05, 3.63) is 53.2 Å². The van der Waals surface area contributed by atoms with Gasteiger partial charge in [0.25, 0.3) is 5.91 Å². The Bertz CT molecular complexity index is 1100. The number of carbonyl (C=O) groups excluding carboxylic acids is 2. The van der Waals surface area contributed by atoms with Crippen LogP contribution in [0.5, 0.6) is 17.2 Å². The molecule has 1 aliphatic rings. The highest BCUT2D eigenvalue weighted by atomic mass is 32.1. The molecule has 1 fully saturated rings. The van der Waals surface area contributed by atoms with Gasteiger partial charge in [-0.1, -0.05) is 19.1 Å². The molecule has 2 aromatic rings.